The van der Waals surface area contributed by atoms with Gasteiger partial charge < -0.3 is 4.90 Å². The molecule has 1 atom stereocenters. The molecule has 1 aromatic carbocycles. The second-order valence-electron chi connectivity index (χ2n) is 8.43. The van der Waals surface area contributed by atoms with E-state index in [1.807, 2.05) is 27.7 Å². The van der Waals surface area contributed by atoms with Gasteiger partial charge in [-0.2, -0.15) is 0 Å². The summed E-state index contributed by atoms with van der Waals surface area (Å²) in [5, 5.41) is 12.2. The Hall–Kier alpha value is -2.81. The molecular weight excluding hydrogens is 402 g/mol. The molecule has 2 aliphatic rings. The van der Waals surface area contributed by atoms with Crippen molar-refractivity contribution in [2.24, 2.45) is 5.92 Å². The molecule has 1 fully saturated rings. The van der Waals surface area contributed by atoms with Crippen LogP contribution in [0.15, 0.2) is 24.3 Å². The van der Waals surface area contributed by atoms with E-state index in [0.29, 0.717) is 22.9 Å². The lowest BCUT2D eigenvalue weighted by atomic mass is 9.94. The Labute approximate surface area is 179 Å². The number of amides is 3. The second kappa shape index (κ2) is 7.46. The molecule has 0 spiro atoms. The zero-order valence-electron chi connectivity index (χ0n) is 17.5. The molecule has 1 aromatic heterocycles. The number of para-hydroxylation sites is 1. The first kappa shape index (κ1) is 20.5. The maximum Gasteiger partial charge on any atom is 0.273 e. The van der Waals surface area contributed by atoms with E-state index in [4.69, 9.17) is 0 Å². The van der Waals surface area contributed by atoms with Gasteiger partial charge in [0.05, 0.1) is 11.3 Å². The third-order valence-corrected chi connectivity index (χ3v) is 6.58. The Morgan fingerprint density at radius 1 is 1.20 bits per heavy atom. The Bertz CT molecular complexity index is 1020. The molecule has 158 valence electrons. The zero-order chi connectivity index (χ0) is 21.6. The highest BCUT2D eigenvalue weighted by atomic mass is 32.1. The van der Waals surface area contributed by atoms with Crippen LogP contribution in [0.3, 0.4) is 0 Å². The van der Waals surface area contributed by atoms with Crippen LogP contribution in [0, 0.1) is 5.92 Å². The van der Waals surface area contributed by atoms with Crippen LogP contribution < -0.4 is 10.2 Å². The van der Waals surface area contributed by atoms with Crippen LogP contribution in [0.5, 0.6) is 0 Å². The number of carbonyl (C=O) groups is 3. The molecule has 1 saturated heterocycles. The monoisotopic (exact) mass is 427 g/mol. The smallest absolute Gasteiger partial charge is 0.273 e. The van der Waals surface area contributed by atoms with E-state index in [-0.39, 0.29) is 36.5 Å². The second-order valence-corrected chi connectivity index (χ2v) is 9.44. The maximum atomic E-state index is 13.7. The predicted octanol–water partition coefficient (Wildman–Crippen LogP) is 3.24. The van der Waals surface area contributed by atoms with Gasteiger partial charge in [-0.25, -0.2) is 0 Å². The molecule has 2 aromatic rings. The molecular formula is C21H25N5O3S. The highest BCUT2D eigenvalue weighted by Gasteiger charge is 2.60. The van der Waals surface area contributed by atoms with E-state index < -0.39 is 11.6 Å². The van der Waals surface area contributed by atoms with Gasteiger partial charge in [-0.15, -0.1) is 10.2 Å². The van der Waals surface area contributed by atoms with E-state index in [1.165, 1.54) is 16.2 Å². The molecule has 3 amide bonds. The minimum absolute atomic E-state index is 0.121. The van der Waals surface area contributed by atoms with Gasteiger partial charge in [-0.05, 0) is 18.1 Å². The molecule has 30 heavy (non-hydrogen) atoms. The van der Waals surface area contributed by atoms with Crippen LogP contribution in [-0.2, 0) is 9.59 Å². The van der Waals surface area contributed by atoms with Crippen LogP contribution in [0.2, 0.25) is 0 Å². The van der Waals surface area contributed by atoms with Crippen LogP contribution in [0.25, 0.3) is 0 Å². The number of benzene rings is 1. The summed E-state index contributed by atoms with van der Waals surface area (Å²) in [5.41, 5.74) is -0.480. The molecule has 0 radical (unpaired) electrons. The molecule has 2 aliphatic heterocycles. The van der Waals surface area contributed by atoms with E-state index in [0.717, 1.165) is 5.01 Å². The zero-order valence-corrected chi connectivity index (χ0v) is 18.3. The SMILES string of the molecule is CC(C)CN1C(=O)c2ccccc2N2C(=O)CC[C@@]12C(=O)Nc1nnc(C(C)C)s1. The molecule has 0 aliphatic carbocycles. The number of hydrogen-bond acceptors (Lipinski definition) is 6. The Balaban J connectivity index is 1.81. The van der Waals surface area contributed by atoms with Gasteiger partial charge >= 0.3 is 0 Å². The molecule has 0 saturated carbocycles. The van der Waals surface area contributed by atoms with Crippen molar-refractivity contribution in [3.05, 3.63) is 34.8 Å². The summed E-state index contributed by atoms with van der Waals surface area (Å²) in [7, 11) is 0. The van der Waals surface area contributed by atoms with Crippen molar-refractivity contribution in [1.29, 1.82) is 0 Å². The highest BCUT2D eigenvalue weighted by Crippen LogP contribution is 2.45. The average Bonchev–Trinajstić information content (AvgIpc) is 3.30. The van der Waals surface area contributed by atoms with Gasteiger partial charge in [0, 0.05) is 25.3 Å². The Morgan fingerprint density at radius 2 is 1.93 bits per heavy atom. The summed E-state index contributed by atoms with van der Waals surface area (Å²) < 4.78 is 0. The minimum atomic E-state index is -1.41. The number of aromatic nitrogens is 2. The van der Waals surface area contributed by atoms with Crippen molar-refractivity contribution in [2.45, 2.75) is 52.1 Å². The Kier molecular flexibility index (Phi) is 5.09. The number of nitrogens with zero attached hydrogens (tertiary/aromatic N) is 4. The summed E-state index contributed by atoms with van der Waals surface area (Å²) >= 11 is 1.31. The van der Waals surface area contributed by atoms with Gasteiger partial charge in [-0.1, -0.05) is 51.2 Å². The number of hydrogen-bond donors (Lipinski definition) is 1. The third kappa shape index (κ3) is 3.08. The van der Waals surface area contributed by atoms with Crippen LogP contribution >= 0.6 is 11.3 Å². The largest absolute Gasteiger partial charge is 0.307 e. The van der Waals surface area contributed by atoms with Crippen molar-refractivity contribution in [3.8, 4) is 0 Å². The van der Waals surface area contributed by atoms with Crippen molar-refractivity contribution in [2.75, 3.05) is 16.8 Å². The first-order valence-corrected chi connectivity index (χ1v) is 11.0. The standard InChI is InChI=1S/C21H25N5O3S/c1-12(2)11-25-18(28)14-7-5-6-8-15(14)26-16(27)9-10-21(25,26)19(29)22-20-24-23-17(30-20)13(3)4/h5-8,12-13H,9-11H2,1-4H3,(H,22,24,29)/t21-/m1/s1. The third-order valence-electron chi connectivity index (χ3n) is 5.44. The summed E-state index contributed by atoms with van der Waals surface area (Å²) in [4.78, 5) is 43.1. The Morgan fingerprint density at radius 3 is 2.60 bits per heavy atom. The van der Waals surface area contributed by atoms with E-state index in [1.54, 1.807) is 29.2 Å². The fraction of sp³-hybridized carbons (Fsp3) is 0.476. The summed E-state index contributed by atoms with van der Waals surface area (Å²) in [5.74, 6) is -0.519. The quantitative estimate of drug-likeness (QED) is 0.790. The molecule has 4 rings (SSSR count). The van der Waals surface area contributed by atoms with Crippen molar-refractivity contribution in [3.63, 3.8) is 0 Å². The number of carbonyl (C=O) groups excluding carboxylic acids is 3. The number of anilines is 2. The first-order chi connectivity index (χ1) is 14.3. The topological polar surface area (TPSA) is 95.5 Å². The van der Waals surface area contributed by atoms with Gasteiger partial charge in [0.25, 0.3) is 11.8 Å². The molecule has 1 N–H and O–H groups in total. The van der Waals surface area contributed by atoms with Crippen molar-refractivity contribution >= 4 is 39.9 Å². The van der Waals surface area contributed by atoms with Gasteiger partial charge in [0.1, 0.15) is 5.01 Å². The predicted molar refractivity (Wildman–Crippen MR) is 114 cm³/mol. The van der Waals surface area contributed by atoms with Gasteiger partial charge in [-0.3, -0.25) is 24.6 Å². The summed E-state index contributed by atoms with van der Waals surface area (Å²) in [6, 6.07) is 6.98. The fourth-order valence-electron chi connectivity index (χ4n) is 4.12. The van der Waals surface area contributed by atoms with Crippen molar-refractivity contribution in [1.82, 2.24) is 15.1 Å². The molecule has 0 bridgehead atoms. The number of nitrogens with one attached hydrogen (secondary N) is 1. The fourth-order valence-corrected chi connectivity index (χ4v) is 4.86. The number of rotatable bonds is 5. The lowest BCUT2D eigenvalue weighted by Crippen LogP contribution is -2.69. The molecule has 0 unspecified atom stereocenters. The normalized spacial score (nSPS) is 20.7. The number of fused-ring (bicyclic) bond motifs is 3. The average molecular weight is 428 g/mol. The van der Waals surface area contributed by atoms with E-state index >= 15 is 0 Å². The van der Waals surface area contributed by atoms with Gasteiger partial charge in [0.15, 0.2) is 0 Å². The van der Waals surface area contributed by atoms with E-state index in [2.05, 4.69) is 15.5 Å². The maximum absolute atomic E-state index is 13.7. The summed E-state index contributed by atoms with van der Waals surface area (Å²) in [6.45, 7) is 8.34. The first-order valence-electron chi connectivity index (χ1n) is 10.1. The van der Waals surface area contributed by atoms with Crippen LogP contribution in [0.1, 0.15) is 61.8 Å². The van der Waals surface area contributed by atoms with Crippen molar-refractivity contribution < 1.29 is 14.4 Å². The lowest BCUT2D eigenvalue weighted by Gasteiger charge is -2.49. The molecule has 8 nitrogen and oxygen atoms in total. The molecule has 9 heteroatoms. The minimum Gasteiger partial charge on any atom is -0.307 e. The lowest BCUT2D eigenvalue weighted by molar-refractivity contribution is -0.129. The van der Waals surface area contributed by atoms with E-state index in [9.17, 15) is 14.4 Å². The van der Waals surface area contributed by atoms with Crippen LogP contribution in [0.4, 0.5) is 10.8 Å². The summed E-state index contributed by atoms with van der Waals surface area (Å²) in [6.07, 6.45) is 0.428. The highest BCUT2D eigenvalue weighted by molar-refractivity contribution is 7.15. The molecule has 3 heterocycles. The van der Waals surface area contributed by atoms with Crippen LogP contribution in [-0.4, -0.2) is 45.0 Å². The van der Waals surface area contributed by atoms with Gasteiger partial charge in [0.2, 0.25) is 16.7 Å².